The second-order valence-corrected chi connectivity index (χ2v) is 7.96. The molecule has 4 aromatic rings. The highest BCUT2D eigenvalue weighted by atomic mass is 35.5. The van der Waals surface area contributed by atoms with E-state index in [-0.39, 0.29) is 24.9 Å². The van der Waals surface area contributed by atoms with Crippen LogP contribution in [-0.2, 0) is 13.2 Å². The van der Waals surface area contributed by atoms with Crippen LogP contribution < -0.4 is 10.1 Å². The molecule has 31 heavy (non-hydrogen) atoms. The van der Waals surface area contributed by atoms with Crippen molar-refractivity contribution in [3.63, 3.8) is 0 Å². The number of carbonyl (C=O) groups is 1. The van der Waals surface area contributed by atoms with E-state index in [4.69, 9.17) is 16.3 Å². The zero-order chi connectivity index (χ0) is 21.8. The number of nitrogens with one attached hydrogen (secondary N) is 1. The van der Waals surface area contributed by atoms with Gasteiger partial charge in [0.25, 0.3) is 5.91 Å². The average Bonchev–Trinajstić information content (AvgIpc) is 3.40. The highest BCUT2D eigenvalue weighted by Crippen LogP contribution is 2.22. The minimum Gasteiger partial charge on any atom is -0.489 e. The Kier molecular flexibility index (Phi) is 6.29. The van der Waals surface area contributed by atoms with Crippen LogP contribution in [0.25, 0.3) is 0 Å². The fraction of sp³-hybridized carbons (Fsp3) is 0.0909. The van der Waals surface area contributed by atoms with Gasteiger partial charge in [-0.3, -0.25) is 9.48 Å². The zero-order valence-corrected chi connectivity index (χ0v) is 17.6. The molecule has 0 spiro atoms. The molecule has 1 N–H and O–H groups in total. The Bertz CT molecular complexity index is 1190. The molecule has 0 saturated heterocycles. The lowest BCUT2D eigenvalue weighted by atomic mass is 10.2. The Morgan fingerprint density at radius 3 is 2.77 bits per heavy atom. The molecule has 0 radical (unpaired) electrons. The largest absolute Gasteiger partial charge is 0.489 e. The molecule has 0 aliphatic heterocycles. The highest BCUT2D eigenvalue weighted by molar-refractivity contribution is 7.12. The molecule has 5 nitrogen and oxygen atoms in total. The topological polar surface area (TPSA) is 56.2 Å². The summed E-state index contributed by atoms with van der Waals surface area (Å²) in [6, 6.07) is 11.9. The molecule has 9 heteroatoms. The van der Waals surface area contributed by atoms with E-state index in [1.807, 2.05) is 5.38 Å². The number of ether oxygens (including phenoxy) is 1. The minimum atomic E-state index is -0.414. The molecule has 1 amide bonds. The maximum atomic E-state index is 13.9. The molecule has 158 valence electrons. The Morgan fingerprint density at radius 1 is 1.19 bits per heavy atom. The van der Waals surface area contributed by atoms with Crippen LogP contribution in [0.2, 0.25) is 5.02 Å². The monoisotopic (exact) mass is 459 g/mol. The van der Waals surface area contributed by atoms with Crippen LogP contribution in [0.1, 0.15) is 20.8 Å². The van der Waals surface area contributed by atoms with Crippen molar-refractivity contribution >= 4 is 34.5 Å². The number of benzene rings is 2. The summed E-state index contributed by atoms with van der Waals surface area (Å²) in [6.07, 6.45) is 3.09. The molecule has 2 heterocycles. The first-order chi connectivity index (χ1) is 15.0. The Balaban J connectivity index is 1.35. The fourth-order valence-electron chi connectivity index (χ4n) is 2.82. The molecule has 2 aromatic carbocycles. The summed E-state index contributed by atoms with van der Waals surface area (Å²) in [7, 11) is 0. The number of thiophene rings is 1. The van der Waals surface area contributed by atoms with E-state index in [2.05, 4.69) is 10.4 Å². The predicted octanol–water partition coefficient (Wildman–Crippen LogP) is 5.76. The van der Waals surface area contributed by atoms with Crippen molar-refractivity contribution in [3.05, 3.63) is 99.0 Å². The molecule has 4 rings (SSSR count). The average molecular weight is 460 g/mol. The molecule has 2 aromatic heterocycles. The number of hydrogen-bond acceptors (Lipinski definition) is 4. The number of halogens is 3. The van der Waals surface area contributed by atoms with Crippen molar-refractivity contribution in [1.29, 1.82) is 0 Å². The molecule has 0 saturated carbocycles. The van der Waals surface area contributed by atoms with Crippen LogP contribution in [0, 0.1) is 11.6 Å². The summed E-state index contributed by atoms with van der Waals surface area (Å²) >= 11 is 7.33. The van der Waals surface area contributed by atoms with Crippen molar-refractivity contribution in [2.75, 3.05) is 5.32 Å². The fourth-order valence-corrected chi connectivity index (χ4v) is 3.84. The van der Waals surface area contributed by atoms with E-state index in [1.165, 1.54) is 46.5 Å². The lowest BCUT2D eigenvalue weighted by Gasteiger charge is -2.05. The summed E-state index contributed by atoms with van der Waals surface area (Å²) in [5, 5.41) is 9.05. The molecular weight excluding hydrogens is 444 g/mol. The van der Waals surface area contributed by atoms with Crippen molar-refractivity contribution < 1.29 is 18.3 Å². The van der Waals surface area contributed by atoms with Gasteiger partial charge in [0.05, 0.1) is 23.3 Å². The minimum absolute atomic E-state index is 0.144. The van der Waals surface area contributed by atoms with Crippen LogP contribution in [0.5, 0.6) is 5.75 Å². The normalized spacial score (nSPS) is 10.8. The third-order valence-corrected chi connectivity index (χ3v) is 5.70. The van der Waals surface area contributed by atoms with Gasteiger partial charge in [-0.05, 0) is 47.8 Å². The van der Waals surface area contributed by atoms with Gasteiger partial charge in [-0.25, -0.2) is 8.78 Å². The van der Waals surface area contributed by atoms with E-state index in [1.54, 1.807) is 30.5 Å². The van der Waals surface area contributed by atoms with E-state index < -0.39 is 5.82 Å². The van der Waals surface area contributed by atoms with Gasteiger partial charge in [0.2, 0.25) is 0 Å². The smallest absolute Gasteiger partial charge is 0.265 e. The SMILES string of the molecule is O=C(Nc1cnn(Cc2c(F)cccc2Cl)c1)c1cc(COc2ccc(F)cc2)cs1. The van der Waals surface area contributed by atoms with Gasteiger partial charge in [-0.15, -0.1) is 11.3 Å². The van der Waals surface area contributed by atoms with Crippen LogP contribution in [-0.4, -0.2) is 15.7 Å². The van der Waals surface area contributed by atoms with E-state index in [9.17, 15) is 13.6 Å². The van der Waals surface area contributed by atoms with Gasteiger partial charge in [0.15, 0.2) is 0 Å². The number of aromatic nitrogens is 2. The maximum absolute atomic E-state index is 13.9. The quantitative estimate of drug-likeness (QED) is 0.382. The van der Waals surface area contributed by atoms with E-state index in [0.717, 1.165) is 5.56 Å². The van der Waals surface area contributed by atoms with Crippen molar-refractivity contribution in [3.8, 4) is 5.75 Å². The molecular formula is C22H16ClF2N3O2S. The predicted molar refractivity (Wildman–Crippen MR) is 116 cm³/mol. The van der Waals surface area contributed by atoms with Gasteiger partial charge in [0.1, 0.15) is 24.0 Å². The number of carbonyl (C=O) groups excluding carboxylic acids is 1. The third kappa shape index (κ3) is 5.28. The van der Waals surface area contributed by atoms with Gasteiger partial charge in [-0.1, -0.05) is 17.7 Å². The summed E-state index contributed by atoms with van der Waals surface area (Å²) in [5.41, 5.74) is 1.63. The van der Waals surface area contributed by atoms with Crippen LogP contribution in [0.15, 0.2) is 66.3 Å². The third-order valence-electron chi connectivity index (χ3n) is 4.37. The molecule has 0 aliphatic carbocycles. The summed E-state index contributed by atoms with van der Waals surface area (Å²) in [4.78, 5) is 13.0. The molecule has 0 atom stereocenters. The molecule has 0 unspecified atom stereocenters. The van der Waals surface area contributed by atoms with Crippen molar-refractivity contribution in [1.82, 2.24) is 9.78 Å². The Labute approximate surface area is 185 Å². The van der Waals surface area contributed by atoms with E-state index >= 15 is 0 Å². The second kappa shape index (κ2) is 9.28. The first-order valence-electron chi connectivity index (χ1n) is 9.20. The van der Waals surface area contributed by atoms with Crippen LogP contribution in [0.3, 0.4) is 0 Å². The molecule has 0 bridgehead atoms. The Hall–Kier alpha value is -3.23. The first kappa shape index (κ1) is 21.0. The number of nitrogens with zero attached hydrogens (tertiary/aromatic N) is 2. The van der Waals surface area contributed by atoms with Gasteiger partial charge >= 0.3 is 0 Å². The first-order valence-corrected chi connectivity index (χ1v) is 10.5. The summed E-state index contributed by atoms with van der Waals surface area (Å²) < 4.78 is 34.0. The van der Waals surface area contributed by atoms with Gasteiger partial charge in [0, 0.05) is 22.3 Å². The number of amides is 1. The summed E-state index contributed by atoms with van der Waals surface area (Å²) in [5.74, 6) is -0.493. The standard InChI is InChI=1S/C22H16ClF2N3O2S/c23-19-2-1-3-20(25)18(19)11-28-10-16(9-26-28)27-22(29)21-8-14(13-31-21)12-30-17-6-4-15(24)5-7-17/h1-10,13H,11-12H2,(H,27,29). The summed E-state index contributed by atoms with van der Waals surface area (Å²) in [6.45, 7) is 0.405. The van der Waals surface area contributed by atoms with Crippen molar-refractivity contribution in [2.45, 2.75) is 13.2 Å². The molecule has 0 aliphatic rings. The number of rotatable bonds is 7. The van der Waals surface area contributed by atoms with Crippen LogP contribution >= 0.6 is 22.9 Å². The van der Waals surface area contributed by atoms with Gasteiger partial charge in [-0.2, -0.15) is 5.10 Å². The van der Waals surface area contributed by atoms with Gasteiger partial charge < -0.3 is 10.1 Å². The van der Waals surface area contributed by atoms with E-state index in [0.29, 0.717) is 26.9 Å². The zero-order valence-electron chi connectivity index (χ0n) is 16.0. The maximum Gasteiger partial charge on any atom is 0.265 e. The van der Waals surface area contributed by atoms with Crippen molar-refractivity contribution in [2.24, 2.45) is 0 Å². The lowest BCUT2D eigenvalue weighted by Crippen LogP contribution is -2.09. The van der Waals surface area contributed by atoms with Crippen LogP contribution in [0.4, 0.5) is 14.5 Å². The lowest BCUT2D eigenvalue weighted by molar-refractivity contribution is 0.103. The number of anilines is 1. The Morgan fingerprint density at radius 2 is 2.00 bits per heavy atom. The number of hydrogen-bond donors (Lipinski definition) is 1. The highest BCUT2D eigenvalue weighted by Gasteiger charge is 2.13. The second-order valence-electron chi connectivity index (χ2n) is 6.64. The molecule has 0 fully saturated rings.